The molecule has 67 heavy (non-hydrogen) atoms. The summed E-state index contributed by atoms with van der Waals surface area (Å²) in [5, 5.41) is 103. The summed E-state index contributed by atoms with van der Waals surface area (Å²) in [5.74, 6) is -0.306. The number of nitrogens with two attached hydrogens (primary N) is 4. The van der Waals surface area contributed by atoms with Gasteiger partial charge in [-0.05, 0) is 6.07 Å². The van der Waals surface area contributed by atoms with Crippen LogP contribution >= 0.6 is 0 Å². The Morgan fingerprint density at radius 1 is 0.582 bits per heavy atom. The van der Waals surface area contributed by atoms with Gasteiger partial charge in [-0.25, -0.2) is 29.3 Å². The molecule has 4 aliphatic heterocycles. The number of ether oxygens (including phenoxy) is 4. The van der Waals surface area contributed by atoms with Crippen molar-refractivity contribution in [2.24, 2.45) is 0 Å². The third kappa shape index (κ3) is 11.9. The summed E-state index contributed by atoms with van der Waals surface area (Å²) in [5.41, 5.74) is 18.5. The smallest absolute Gasteiger partial charge is 0.354 e. The van der Waals surface area contributed by atoms with Crippen molar-refractivity contribution in [3.8, 4) is 0 Å². The molecule has 0 spiro atoms. The Balaban J connectivity index is 0.000000167. The van der Waals surface area contributed by atoms with E-state index in [2.05, 4.69) is 34.9 Å². The van der Waals surface area contributed by atoms with Crippen molar-refractivity contribution < 1.29 is 75.1 Å². The molecule has 8 rings (SSSR count). The summed E-state index contributed by atoms with van der Waals surface area (Å²) in [4.78, 5) is 69.5. The number of aliphatic hydroxyl groups excluding tert-OH is 11. The van der Waals surface area contributed by atoms with Crippen LogP contribution < -0.4 is 45.6 Å². The molecule has 3 unspecified atom stereocenters. The van der Waals surface area contributed by atoms with Crippen molar-refractivity contribution in [1.29, 1.82) is 0 Å². The lowest BCUT2D eigenvalue weighted by Gasteiger charge is -2.16. The molecule has 0 saturated carbocycles. The predicted molar refractivity (Wildman–Crippen MR) is 218 cm³/mol. The van der Waals surface area contributed by atoms with Gasteiger partial charge in [0.1, 0.15) is 91.8 Å². The van der Waals surface area contributed by atoms with Crippen molar-refractivity contribution in [1.82, 2.24) is 48.6 Å². The molecular weight excluding hydrogens is 908 g/mol. The van der Waals surface area contributed by atoms with E-state index < -0.39 is 134 Å². The standard InChI is InChI=1S/2C9H13N3O5.C8H12N4O5.C8H12N4O4/c10-9-11-1-3(8(16)12-9)7-6(15)5(14)4(2-13)17-7;10-5-1-2-12(9(16)11-5)8-7(15)6(14)4(3-13)17-8;9-7-10-2-12(8(16)11-7)6-5(15)4(14)3(1-13)17-6;9-7-10-3-12(8(15)11-7)6-1-4(14)5(2-13)16-6/h1,4-7,13-15H,2H2,(H3,10,11,12,16);1-2,4,6-8,13-15H,3H2,(H2,10,11,16);2-6,13-15H,1H2,(H2,9,11,16);3-6,13-14H,1-2H2,(H2,9,11,15)/t4-,5+,6?,7+;4-,6+,7?,8-;3-,4+,5?,6-;4-,5-,6-/m1111/s1. The van der Waals surface area contributed by atoms with Crippen LogP contribution in [0.3, 0.4) is 0 Å². The number of aromatic nitrogens is 10. The number of nitrogens with zero attached hydrogens (tertiary/aromatic N) is 9. The van der Waals surface area contributed by atoms with Crippen LogP contribution in [0.4, 0.5) is 23.7 Å². The van der Waals surface area contributed by atoms with Gasteiger partial charge in [0, 0.05) is 18.8 Å². The van der Waals surface area contributed by atoms with Gasteiger partial charge < -0.3 is 98.1 Å². The fourth-order valence-electron chi connectivity index (χ4n) is 6.75. The number of anilines is 4. The molecule has 4 aliphatic rings. The molecule has 20 N–H and O–H groups in total. The molecule has 0 amide bonds. The maximum atomic E-state index is 11.6. The molecule has 4 saturated heterocycles. The van der Waals surface area contributed by atoms with Crippen LogP contribution in [0.2, 0.25) is 0 Å². The van der Waals surface area contributed by atoms with Crippen LogP contribution in [-0.2, 0) is 18.9 Å². The molecule has 0 bridgehead atoms. The largest absolute Gasteiger partial charge is 0.394 e. The minimum Gasteiger partial charge on any atom is -0.394 e. The summed E-state index contributed by atoms with van der Waals surface area (Å²) >= 11 is 0. The number of hydrogen-bond donors (Lipinski definition) is 16. The topological polar surface area (TPSA) is 540 Å². The lowest BCUT2D eigenvalue weighted by molar-refractivity contribution is -0.0554. The summed E-state index contributed by atoms with van der Waals surface area (Å²) in [6, 6.07) is 1.37. The molecule has 0 aliphatic carbocycles. The average Bonchev–Trinajstić information content (AvgIpc) is 3.99. The predicted octanol–water partition coefficient (Wildman–Crippen LogP) is -10.4. The number of hydrogen-bond acceptors (Lipinski definition) is 29. The zero-order valence-corrected chi connectivity index (χ0v) is 34.6. The fourth-order valence-corrected chi connectivity index (χ4v) is 6.75. The minimum atomic E-state index is -1.35. The van der Waals surface area contributed by atoms with E-state index in [9.17, 15) is 54.9 Å². The number of aromatic amines is 1. The maximum Gasteiger partial charge on any atom is 0.354 e. The lowest BCUT2D eigenvalue weighted by Crippen LogP contribution is -2.36. The molecule has 33 heteroatoms. The first-order chi connectivity index (χ1) is 31.7. The maximum absolute atomic E-state index is 11.6. The van der Waals surface area contributed by atoms with Crippen LogP contribution in [0.15, 0.2) is 50.3 Å². The van der Waals surface area contributed by atoms with Gasteiger partial charge in [-0.1, -0.05) is 0 Å². The van der Waals surface area contributed by atoms with E-state index in [4.69, 9.17) is 62.3 Å². The quantitative estimate of drug-likeness (QED) is 0.0780. The summed E-state index contributed by atoms with van der Waals surface area (Å²) in [7, 11) is 0. The Kier molecular flexibility index (Phi) is 17.6. The molecule has 33 nitrogen and oxygen atoms in total. The first kappa shape index (κ1) is 52.0. The third-order valence-electron chi connectivity index (χ3n) is 10.3. The van der Waals surface area contributed by atoms with Gasteiger partial charge in [-0.2, -0.15) is 15.0 Å². The second-order valence-electron chi connectivity index (χ2n) is 14.7. The lowest BCUT2D eigenvalue weighted by atomic mass is 10.0. The number of nitrogens with one attached hydrogen (secondary N) is 1. The highest BCUT2D eigenvalue weighted by Crippen LogP contribution is 2.32. The third-order valence-corrected chi connectivity index (χ3v) is 10.3. The van der Waals surface area contributed by atoms with Gasteiger partial charge in [0.2, 0.25) is 11.9 Å². The minimum absolute atomic E-state index is 0.0505. The van der Waals surface area contributed by atoms with E-state index in [1.165, 1.54) is 24.8 Å². The summed E-state index contributed by atoms with van der Waals surface area (Å²) in [6.07, 6.45) is -11.0. The van der Waals surface area contributed by atoms with E-state index in [0.29, 0.717) is 0 Å². The van der Waals surface area contributed by atoms with Gasteiger partial charge in [-0.3, -0.25) is 23.5 Å². The van der Waals surface area contributed by atoms with Gasteiger partial charge >= 0.3 is 17.1 Å². The second-order valence-corrected chi connectivity index (χ2v) is 14.7. The normalized spacial score (nSPS) is 32.1. The molecular formula is C34H50N14O19. The van der Waals surface area contributed by atoms with E-state index in [-0.39, 0.29) is 42.3 Å². The Bertz CT molecular complexity index is 2300. The molecule has 370 valence electrons. The number of aliphatic hydroxyl groups is 11. The van der Waals surface area contributed by atoms with Crippen molar-refractivity contribution in [2.45, 2.75) is 98.4 Å². The van der Waals surface area contributed by atoms with Crippen molar-refractivity contribution in [2.75, 3.05) is 49.4 Å². The van der Waals surface area contributed by atoms with E-state index in [1.807, 2.05) is 0 Å². The molecule has 0 radical (unpaired) electrons. The molecule has 4 fully saturated rings. The molecule has 15 atom stereocenters. The van der Waals surface area contributed by atoms with E-state index >= 15 is 0 Å². The summed E-state index contributed by atoms with van der Waals surface area (Å²) in [6.45, 7) is -1.68. The first-order valence-electron chi connectivity index (χ1n) is 19.7. The molecule has 4 aromatic rings. The zero-order chi connectivity index (χ0) is 49.4. The van der Waals surface area contributed by atoms with Crippen molar-refractivity contribution in [3.63, 3.8) is 0 Å². The van der Waals surface area contributed by atoms with Gasteiger partial charge in [0.25, 0.3) is 5.56 Å². The average molecular weight is 959 g/mol. The highest BCUT2D eigenvalue weighted by molar-refractivity contribution is 5.24. The Morgan fingerprint density at radius 3 is 1.51 bits per heavy atom. The number of nitrogen functional groups attached to an aromatic ring is 4. The van der Waals surface area contributed by atoms with Crippen LogP contribution in [-0.4, -0.2) is 198 Å². The van der Waals surface area contributed by atoms with Gasteiger partial charge in [0.15, 0.2) is 18.4 Å². The zero-order valence-electron chi connectivity index (χ0n) is 34.6. The fraction of sp³-hybridized carbons (Fsp3) is 0.588. The van der Waals surface area contributed by atoms with E-state index in [1.54, 1.807) is 0 Å². The Hall–Kier alpha value is -6.02. The van der Waals surface area contributed by atoms with Crippen LogP contribution in [0, 0.1) is 0 Å². The summed E-state index contributed by atoms with van der Waals surface area (Å²) < 4.78 is 23.8. The van der Waals surface area contributed by atoms with Crippen molar-refractivity contribution in [3.05, 3.63) is 78.5 Å². The van der Waals surface area contributed by atoms with E-state index in [0.717, 1.165) is 20.0 Å². The molecule has 0 aromatic carbocycles. The highest BCUT2D eigenvalue weighted by atomic mass is 16.6. The second kappa shape index (κ2) is 22.6. The number of rotatable bonds is 8. The number of H-pyrrole nitrogens is 1. The monoisotopic (exact) mass is 958 g/mol. The van der Waals surface area contributed by atoms with Crippen LogP contribution in [0.5, 0.6) is 0 Å². The SMILES string of the molecule is Nc1ccn([C@@H]2O[C@H](CO)[C@H](O)C2O)c(=O)n1.Nc1ncc([C@@H]2O[C@H](CO)[C@H](O)C2O)c(=O)[nH]1.Nc1ncn([C@@H]2O[C@H](CO)[C@H](O)C2O)c(=O)n1.Nc1ncn([C@H]2C[C@@H](O)[C@@H](CO)O2)c(=O)n1. The van der Waals surface area contributed by atoms with Crippen molar-refractivity contribution >= 4 is 23.7 Å². The molecule has 4 aromatic heterocycles. The highest BCUT2D eigenvalue weighted by Gasteiger charge is 2.46. The van der Waals surface area contributed by atoms with Crippen LogP contribution in [0.1, 0.15) is 36.8 Å². The Labute approximate surface area is 373 Å². The van der Waals surface area contributed by atoms with Gasteiger partial charge in [0.05, 0.1) is 38.1 Å². The van der Waals surface area contributed by atoms with Crippen LogP contribution in [0.25, 0.3) is 0 Å². The Morgan fingerprint density at radius 2 is 1.06 bits per heavy atom. The molecule has 8 heterocycles. The van der Waals surface area contributed by atoms with Gasteiger partial charge in [-0.15, -0.1) is 0 Å². The first-order valence-corrected chi connectivity index (χ1v) is 19.7.